The van der Waals surface area contributed by atoms with E-state index in [-0.39, 0.29) is 0 Å². The average molecular weight is 220 g/mol. The summed E-state index contributed by atoms with van der Waals surface area (Å²) in [5.74, 6) is 3.35. The number of nitrogens with one attached hydrogen (secondary N) is 1. The third-order valence-electron chi connectivity index (χ3n) is 3.68. The zero-order valence-electron chi connectivity index (χ0n) is 9.96. The SMILES string of the molecule is CCc1oc(C2CCCNC2)nc1C1CC1. The average Bonchev–Trinajstić information content (AvgIpc) is 3.10. The van der Waals surface area contributed by atoms with Crippen LogP contribution in [0.25, 0.3) is 0 Å². The molecule has 16 heavy (non-hydrogen) atoms. The number of nitrogens with zero attached hydrogens (tertiary/aromatic N) is 1. The van der Waals surface area contributed by atoms with Gasteiger partial charge >= 0.3 is 0 Å². The maximum absolute atomic E-state index is 5.95. The monoisotopic (exact) mass is 220 g/mol. The molecule has 0 spiro atoms. The molecular weight excluding hydrogens is 200 g/mol. The molecule has 1 N–H and O–H groups in total. The highest BCUT2D eigenvalue weighted by Crippen LogP contribution is 2.42. The lowest BCUT2D eigenvalue weighted by molar-refractivity contribution is 0.364. The molecule has 0 amide bonds. The predicted molar refractivity (Wildman–Crippen MR) is 62.7 cm³/mol. The van der Waals surface area contributed by atoms with Crippen LogP contribution in [0.3, 0.4) is 0 Å². The van der Waals surface area contributed by atoms with Gasteiger partial charge in [0.15, 0.2) is 5.89 Å². The number of oxazole rings is 1. The second-order valence-corrected chi connectivity index (χ2v) is 5.03. The number of piperidine rings is 1. The minimum atomic E-state index is 0.506. The Balaban J connectivity index is 1.83. The van der Waals surface area contributed by atoms with Crippen LogP contribution < -0.4 is 5.32 Å². The zero-order valence-corrected chi connectivity index (χ0v) is 9.96. The van der Waals surface area contributed by atoms with Gasteiger partial charge in [0.1, 0.15) is 5.76 Å². The van der Waals surface area contributed by atoms with Gasteiger partial charge in [-0.25, -0.2) is 4.98 Å². The molecular formula is C13H20N2O. The highest BCUT2D eigenvalue weighted by molar-refractivity contribution is 5.21. The van der Waals surface area contributed by atoms with Gasteiger partial charge in [-0.05, 0) is 32.2 Å². The van der Waals surface area contributed by atoms with Crippen molar-refractivity contribution in [3.63, 3.8) is 0 Å². The number of hydrogen-bond donors (Lipinski definition) is 1. The molecule has 1 saturated carbocycles. The van der Waals surface area contributed by atoms with Crippen LogP contribution >= 0.6 is 0 Å². The molecule has 0 radical (unpaired) electrons. The summed E-state index contributed by atoms with van der Waals surface area (Å²) in [6.07, 6.45) is 6.07. The summed E-state index contributed by atoms with van der Waals surface area (Å²) in [5, 5.41) is 3.42. The van der Waals surface area contributed by atoms with Gasteiger partial charge in [0, 0.05) is 24.8 Å². The Bertz CT molecular complexity index is 362. The van der Waals surface area contributed by atoms with Crippen molar-refractivity contribution in [2.24, 2.45) is 0 Å². The second kappa shape index (κ2) is 4.21. The van der Waals surface area contributed by atoms with Gasteiger partial charge in [-0.15, -0.1) is 0 Å². The van der Waals surface area contributed by atoms with E-state index < -0.39 is 0 Å². The van der Waals surface area contributed by atoms with Crippen LogP contribution in [0.5, 0.6) is 0 Å². The van der Waals surface area contributed by atoms with Gasteiger partial charge in [-0.3, -0.25) is 0 Å². The Morgan fingerprint density at radius 2 is 2.19 bits per heavy atom. The Morgan fingerprint density at radius 1 is 1.31 bits per heavy atom. The summed E-state index contributed by atoms with van der Waals surface area (Å²) in [7, 11) is 0. The van der Waals surface area contributed by atoms with Crippen LogP contribution in [0.2, 0.25) is 0 Å². The first-order chi connectivity index (χ1) is 7.88. The number of aryl methyl sites for hydroxylation is 1. The van der Waals surface area contributed by atoms with Crippen LogP contribution in [0.4, 0.5) is 0 Å². The molecule has 1 saturated heterocycles. The zero-order chi connectivity index (χ0) is 11.0. The van der Waals surface area contributed by atoms with Crippen molar-refractivity contribution in [2.45, 2.75) is 50.9 Å². The highest BCUT2D eigenvalue weighted by atomic mass is 16.4. The first-order valence-corrected chi connectivity index (χ1v) is 6.58. The van der Waals surface area contributed by atoms with E-state index >= 15 is 0 Å². The van der Waals surface area contributed by atoms with E-state index in [1.165, 1.54) is 31.4 Å². The van der Waals surface area contributed by atoms with E-state index in [0.29, 0.717) is 11.8 Å². The van der Waals surface area contributed by atoms with Crippen molar-refractivity contribution in [3.8, 4) is 0 Å². The smallest absolute Gasteiger partial charge is 0.199 e. The van der Waals surface area contributed by atoms with E-state index in [9.17, 15) is 0 Å². The summed E-state index contributed by atoms with van der Waals surface area (Å²) in [6, 6.07) is 0. The maximum atomic E-state index is 5.95. The third-order valence-corrected chi connectivity index (χ3v) is 3.68. The minimum absolute atomic E-state index is 0.506. The van der Waals surface area contributed by atoms with E-state index in [1.807, 2.05) is 0 Å². The van der Waals surface area contributed by atoms with Crippen LogP contribution in [0, 0.1) is 0 Å². The van der Waals surface area contributed by atoms with E-state index in [2.05, 4.69) is 12.2 Å². The topological polar surface area (TPSA) is 38.1 Å². The summed E-state index contributed by atoms with van der Waals surface area (Å²) in [4.78, 5) is 4.76. The summed E-state index contributed by atoms with van der Waals surface area (Å²) < 4.78 is 5.95. The molecule has 0 bridgehead atoms. The van der Waals surface area contributed by atoms with Gasteiger partial charge in [-0.2, -0.15) is 0 Å². The van der Waals surface area contributed by atoms with Crippen molar-refractivity contribution in [2.75, 3.05) is 13.1 Å². The Hall–Kier alpha value is -0.830. The van der Waals surface area contributed by atoms with Crippen LogP contribution in [-0.4, -0.2) is 18.1 Å². The lowest BCUT2D eigenvalue weighted by atomic mass is 10.00. The summed E-state index contributed by atoms with van der Waals surface area (Å²) in [5.41, 5.74) is 1.27. The fourth-order valence-corrected chi connectivity index (χ4v) is 2.55. The van der Waals surface area contributed by atoms with Gasteiger partial charge < -0.3 is 9.73 Å². The van der Waals surface area contributed by atoms with Gasteiger partial charge in [-0.1, -0.05) is 6.92 Å². The lowest BCUT2D eigenvalue weighted by Crippen LogP contribution is -2.28. The predicted octanol–water partition coefficient (Wildman–Crippen LogP) is 2.58. The number of hydrogen-bond acceptors (Lipinski definition) is 3. The van der Waals surface area contributed by atoms with Gasteiger partial charge in [0.25, 0.3) is 0 Å². The Morgan fingerprint density at radius 3 is 2.81 bits per heavy atom. The van der Waals surface area contributed by atoms with Crippen molar-refractivity contribution in [1.82, 2.24) is 10.3 Å². The first-order valence-electron chi connectivity index (χ1n) is 6.58. The molecule has 1 aromatic heterocycles. The molecule has 1 atom stereocenters. The van der Waals surface area contributed by atoms with Crippen molar-refractivity contribution in [3.05, 3.63) is 17.3 Å². The molecule has 1 unspecified atom stereocenters. The molecule has 1 aliphatic carbocycles. The minimum Gasteiger partial charge on any atom is -0.445 e. The Labute approximate surface area is 96.6 Å². The first kappa shape index (κ1) is 10.3. The van der Waals surface area contributed by atoms with Gasteiger partial charge in [0.2, 0.25) is 0 Å². The third kappa shape index (κ3) is 1.88. The molecule has 3 heteroatoms. The van der Waals surface area contributed by atoms with Crippen LogP contribution in [0.15, 0.2) is 4.42 Å². The van der Waals surface area contributed by atoms with Crippen LogP contribution in [-0.2, 0) is 6.42 Å². The van der Waals surface area contributed by atoms with E-state index in [0.717, 1.165) is 31.2 Å². The fraction of sp³-hybridized carbons (Fsp3) is 0.769. The summed E-state index contributed by atoms with van der Waals surface area (Å²) in [6.45, 7) is 4.34. The van der Waals surface area contributed by atoms with E-state index in [1.54, 1.807) is 0 Å². The van der Waals surface area contributed by atoms with Crippen LogP contribution in [0.1, 0.15) is 61.8 Å². The molecule has 1 aromatic rings. The molecule has 1 aliphatic heterocycles. The highest BCUT2D eigenvalue weighted by Gasteiger charge is 2.31. The lowest BCUT2D eigenvalue weighted by Gasteiger charge is -2.19. The standard InChI is InChI=1S/C13H20N2O/c1-2-11-12(9-5-6-9)15-13(16-11)10-4-3-7-14-8-10/h9-10,14H,2-8H2,1H3. The van der Waals surface area contributed by atoms with Crippen molar-refractivity contribution >= 4 is 0 Å². The normalized spacial score (nSPS) is 25.9. The molecule has 88 valence electrons. The molecule has 3 nitrogen and oxygen atoms in total. The summed E-state index contributed by atoms with van der Waals surface area (Å²) >= 11 is 0. The van der Waals surface area contributed by atoms with E-state index in [4.69, 9.17) is 9.40 Å². The Kier molecular flexibility index (Phi) is 2.72. The quantitative estimate of drug-likeness (QED) is 0.850. The largest absolute Gasteiger partial charge is 0.445 e. The fourth-order valence-electron chi connectivity index (χ4n) is 2.55. The maximum Gasteiger partial charge on any atom is 0.199 e. The molecule has 2 fully saturated rings. The molecule has 0 aromatic carbocycles. The molecule has 3 rings (SSSR count). The number of rotatable bonds is 3. The molecule has 2 aliphatic rings. The van der Waals surface area contributed by atoms with Crippen molar-refractivity contribution < 1.29 is 4.42 Å². The van der Waals surface area contributed by atoms with Crippen molar-refractivity contribution in [1.29, 1.82) is 0 Å². The molecule has 2 heterocycles. The second-order valence-electron chi connectivity index (χ2n) is 5.03. The number of aromatic nitrogens is 1. The van der Waals surface area contributed by atoms with Gasteiger partial charge in [0.05, 0.1) is 5.69 Å².